The first-order valence-corrected chi connectivity index (χ1v) is 34.8. The Bertz CT molecular complexity index is 6240. The van der Waals surface area contributed by atoms with Crippen LogP contribution in [-0.4, -0.2) is 29.4 Å². The summed E-state index contributed by atoms with van der Waals surface area (Å²) in [7, 11) is 0. The second-order valence-electron chi connectivity index (χ2n) is 27.6. The van der Waals surface area contributed by atoms with Gasteiger partial charge in [-0.15, -0.1) is 35.4 Å². The van der Waals surface area contributed by atoms with Gasteiger partial charge in [0.2, 0.25) is 0 Å². The van der Waals surface area contributed by atoms with Gasteiger partial charge in [0, 0.05) is 76.2 Å². The number of rotatable bonds is 4. The number of nitrogens with zero attached hydrogens (tertiary/aromatic N) is 7. The molecule has 1 aliphatic carbocycles. The van der Waals surface area contributed by atoms with Gasteiger partial charge in [0.15, 0.2) is 22.5 Å². The quantitative estimate of drug-likeness (QED) is 0.0627. The van der Waals surface area contributed by atoms with Crippen molar-refractivity contribution in [3.8, 4) is 56.7 Å². The van der Waals surface area contributed by atoms with Crippen molar-refractivity contribution in [1.82, 2.24) is 18.5 Å². The summed E-state index contributed by atoms with van der Waals surface area (Å²) in [4.78, 5) is 14.6. The Morgan fingerprint density at radius 1 is 0.543 bits per heavy atom. The van der Waals surface area contributed by atoms with Gasteiger partial charge in [-0.1, -0.05) is 224 Å². The van der Waals surface area contributed by atoms with Gasteiger partial charge in [0.1, 0.15) is 55.1 Å². The van der Waals surface area contributed by atoms with E-state index in [1.807, 2.05) is 12.3 Å². The normalized spacial score (nSPS) is 12.5. The van der Waals surface area contributed by atoms with Gasteiger partial charge in [-0.3, -0.25) is 4.79 Å². The van der Waals surface area contributed by atoms with Gasteiger partial charge >= 0.3 is 0 Å². The Balaban J connectivity index is 0.000000120. The standard InChI is InChI=1S/C25H21N2.C24H17N2.C20H15N2.C18H14N.C5H8O2.3CH4.Ir/c1-15-10-11-21-20(12-15)19-9-5-8-18-13-26-14-22(27(21)25(26)24(18)19)23-16(2)6-4-7-17(23)3;1-3-11-19-17(8-1)10-7-15-21(19)26-23-14-6-5-13-22(23)25-16-18-9-2-4-12-20(18)24(25)26;1-3-9-17-15(6-1)8-5-11-19(17)22-13-12-21-14-16-7-2-4-10-18(16)20(21)22;1-18(2)14-8-4-3-7-13(14)17-16-12(10-11-19-17)6-5-9-15(16)18;1-4(6)3-5(2)7;;;;/h4-12,14H,13H2,1-3H3;1-15H,16H2;1-13H,14H2;3-6,8-11H,1-2H3;3,6H,1-2H3;3*1H4;/q3*+1;-1;;;;;. The van der Waals surface area contributed by atoms with Crippen LogP contribution < -0.4 is 13.7 Å². The SMILES string of the molecule is C.C.C.CC(=O)C=C(C)O.CC1(C)c2ccc[c-]c2-c2nccc3cccc1c23.Cc1ccc2c(c1)c1cccc3c1c1n2c(-c2c(C)cccc2C)c[n+]1C3.[Ir].c1ccc2c(c1)C[n+]1c-2n(-c2cccc3ccccc23)c2ccccc21.c1ccc2c(c1)C[n+]1ccn(-c3cccc4ccccc34)c1-2. The number of aromatic nitrogens is 7. The Kier molecular flexibility index (Phi) is 19.7. The van der Waals surface area contributed by atoms with Gasteiger partial charge in [0.05, 0.1) is 22.3 Å². The molecule has 0 saturated carbocycles. The third-order valence-corrected chi connectivity index (χ3v) is 20.8. The molecule has 0 unspecified atom stereocenters. The first-order valence-electron chi connectivity index (χ1n) is 34.8. The Morgan fingerprint density at radius 2 is 1.12 bits per heavy atom. The van der Waals surface area contributed by atoms with E-state index in [2.05, 4.69) is 340 Å². The van der Waals surface area contributed by atoms with Gasteiger partial charge in [-0.2, -0.15) is 13.5 Å². The molecule has 1 N–H and O–H groups in total. The summed E-state index contributed by atoms with van der Waals surface area (Å²) in [6, 6.07) is 94.9. The van der Waals surface area contributed by atoms with E-state index in [1.165, 1.54) is 181 Å². The molecule has 12 aromatic carbocycles. The maximum Gasteiger partial charge on any atom is 0.295 e. The van der Waals surface area contributed by atoms with Crippen LogP contribution in [0.3, 0.4) is 0 Å². The summed E-state index contributed by atoms with van der Waals surface area (Å²) in [5.41, 5.74) is 26.0. The molecule has 0 atom stereocenters. The molecular formula is C95H87IrN7O2+2. The number of aliphatic hydroxyl groups excluding tert-OH is 1. The topological polar surface area (TPSA) is 76.1 Å². The first kappa shape index (κ1) is 71.7. The number of carbonyl (C=O) groups excluding carboxylic acids is 1. The van der Waals surface area contributed by atoms with E-state index in [9.17, 15) is 4.79 Å². The molecule has 105 heavy (non-hydrogen) atoms. The molecule has 1 radical (unpaired) electrons. The zero-order chi connectivity index (χ0) is 68.8. The second-order valence-corrected chi connectivity index (χ2v) is 27.6. The molecule has 0 saturated heterocycles. The van der Waals surface area contributed by atoms with Crippen molar-refractivity contribution in [3.63, 3.8) is 0 Å². The monoisotopic (exact) mass is 1550 g/mol. The number of pyridine rings is 2. The Labute approximate surface area is 628 Å². The molecule has 9 nitrogen and oxygen atoms in total. The molecule has 17 aromatic rings. The molecule has 0 fully saturated rings. The molecule has 10 heteroatoms. The van der Waals surface area contributed by atoms with Crippen LogP contribution in [0.5, 0.6) is 0 Å². The van der Waals surface area contributed by atoms with Crippen molar-refractivity contribution < 1.29 is 43.7 Å². The largest absolute Gasteiger partial charge is 0.512 e. The van der Waals surface area contributed by atoms with Crippen molar-refractivity contribution in [1.29, 1.82) is 0 Å². The number of fused-ring (bicyclic) bond motifs is 15. The molecule has 521 valence electrons. The number of para-hydroxylation sites is 2. The summed E-state index contributed by atoms with van der Waals surface area (Å²) >= 11 is 0. The van der Waals surface area contributed by atoms with Gasteiger partial charge < -0.3 is 10.1 Å². The number of hydrogen-bond donors (Lipinski definition) is 1. The van der Waals surface area contributed by atoms with E-state index >= 15 is 0 Å². The molecule has 0 amide bonds. The van der Waals surface area contributed by atoms with Gasteiger partial charge in [-0.25, -0.2) is 13.7 Å². The molecular weight excluding hydrogens is 1460 g/mol. The van der Waals surface area contributed by atoms with E-state index < -0.39 is 0 Å². The number of aliphatic hydroxyl groups is 1. The van der Waals surface area contributed by atoms with Crippen LogP contribution in [0.15, 0.2) is 291 Å². The van der Waals surface area contributed by atoms with Crippen molar-refractivity contribution in [2.45, 2.75) is 95.8 Å². The van der Waals surface area contributed by atoms with Crippen LogP contribution in [0.1, 0.15) is 94.5 Å². The minimum Gasteiger partial charge on any atom is -0.512 e. The fraction of sp³-hybridized carbons (Fsp3) is 0.147. The van der Waals surface area contributed by atoms with Crippen LogP contribution in [0, 0.1) is 26.8 Å². The van der Waals surface area contributed by atoms with Crippen molar-refractivity contribution in [2.75, 3.05) is 0 Å². The number of benzene rings is 12. The third-order valence-electron chi connectivity index (χ3n) is 20.8. The first-order chi connectivity index (χ1) is 49.3. The number of carbonyl (C=O) groups is 1. The molecule has 3 aliphatic heterocycles. The zero-order valence-corrected chi connectivity index (χ0v) is 60.5. The number of hydrogen-bond acceptors (Lipinski definition) is 3. The maximum atomic E-state index is 10.0. The van der Waals surface area contributed by atoms with Crippen LogP contribution in [0.25, 0.3) is 127 Å². The molecule has 4 aliphatic rings. The number of aryl methyl sites for hydroxylation is 3. The van der Waals surface area contributed by atoms with E-state index in [0.29, 0.717) is 0 Å². The Morgan fingerprint density at radius 3 is 1.85 bits per heavy atom. The predicted octanol–water partition coefficient (Wildman–Crippen LogP) is 21.8. The minimum atomic E-state index is -0.125. The summed E-state index contributed by atoms with van der Waals surface area (Å²) in [6.45, 7) is 16.9. The number of ketones is 1. The average Bonchev–Trinajstić information content (AvgIpc) is 1.61. The molecule has 0 bridgehead atoms. The van der Waals surface area contributed by atoms with Crippen LogP contribution in [0.2, 0.25) is 0 Å². The van der Waals surface area contributed by atoms with E-state index in [-0.39, 0.29) is 59.3 Å². The summed E-state index contributed by atoms with van der Waals surface area (Å²) in [5.74, 6) is 2.48. The predicted molar refractivity (Wildman–Crippen MR) is 430 cm³/mol. The smallest absolute Gasteiger partial charge is 0.295 e. The van der Waals surface area contributed by atoms with Crippen molar-refractivity contribution >= 4 is 76.5 Å². The second kappa shape index (κ2) is 28.9. The molecule has 8 heterocycles. The number of imidazole rings is 3. The van der Waals surface area contributed by atoms with E-state index in [4.69, 9.17) is 5.11 Å². The van der Waals surface area contributed by atoms with Crippen LogP contribution in [0.4, 0.5) is 0 Å². The van der Waals surface area contributed by atoms with Gasteiger partial charge in [-0.05, 0) is 139 Å². The average molecular weight is 1550 g/mol. The van der Waals surface area contributed by atoms with Crippen LogP contribution >= 0.6 is 0 Å². The maximum absolute atomic E-state index is 10.0. The van der Waals surface area contributed by atoms with Crippen molar-refractivity contribution in [3.05, 3.63) is 342 Å². The molecule has 5 aromatic heterocycles. The summed E-state index contributed by atoms with van der Waals surface area (Å²) in [5, 5.41) is 20.1. The minimum absolute atomic E-state index is 0. The molecule has 0 spiro atoms. The summed E-state index contributed by atoms with van der Waals surface area (Å²) < 4.78 is 14.4. The zero-order valence-electron chi connectivity index (χ0n) is 58.1. The number of allylic oxidation sites excluding steroid dienone is 2. The Hall–Kier alpha value is -11.7. The third kappa shape index (κ3) is 12.2. The van der Waals surface area contributed by atoms with E-state index in [0.717, 1.165) is 30.9 Å². The fourth-order valence-electron chi connectivity index (χ4n) is 16.4. The van der Waals surface area contributed by atoms with E-state index in [1.54, 1.807) is 0 Å². The van der Waals surface area contributed by atoms with Gasteiger partial charge in [0.25, 0.3) is 17.3 Å². The van der Waals surface area contributed by atoms with Crippen molar-refractivity contribution in [2.24, 2.45) is 0 Å². The fourth-order valence-corrected chi connectivity index (χ4v) is 16.4. The van der Waals surface area contributed by atoms with Crippen LogP contribution in [-0.2, 0) is 49.9 Å². The summed E-state index contributed by atoms with van der Waals surface area (Å²) in [6.07, 6.45) is 9.76. The molecule has 21 rings (SSSR count).